The van der Waals surface area contributed by atoms with Crippen LogP contribution in [0.1, 0.15) is 15.9 Å². The molecule has 1 aliphatic heterocycles. The molecule has 0 aliphatic carbocycles. The Balaban J connectivity index is 2.05. The molecule has 2 aromatic rings. The summed E-state index contributed by atoms with van der Waals surface area (Å²) in [4.78, 5) is 25.2. The number of benzene rings is 2. The van der Waals surface area contributed by atoms with Gasteiger partial charge in [0.25, 0.3) is 11.7 Å². The van der Waals surface area contributed by atoms with Gasteiger partial charge in [-0.15, -0.1) is 0 Å². The predicted molar refractivity (Wildman–Crippen MR) is 78.4 cm³/mol. The van der Waals surface area contributed by atoms with Crippen LogP contribution in [0.2, 0.25) is 10.0 Å². The summed E-state index contributed by atoms with van der Waals surface area (Å²) in [5.41, 5.74) is 0.803. The van der Waals surface area contributed by atoms with Gasteiger partial charge in [-0.3, -0.25) is 9.59 Å². The van der Waals surface area contributed by atoms with Gasteiger partial charge in [-0.25, -0.2) is 4.39 Å². The first kappa shape index (κ1) is 14.0. The molecular formula is C15H8Cl2FNO2. The predicted octanol–water partition coefficient (Wildman–Crippen LogP) is 3.86. The van der Waals surface area contributed by atoms with Crippen LogP contribution in [0, 0.1) is 5.82 Å². The van der Waals surface area contributed by atoms with Crippen LogP contribution in [0.15, 0.2) is 36.4 Å². The molecular weight excluding hydrogens is 316 g/mol. The molecule has 6 heteroatoms. The van der Waals surface area contributed by atoms with Crippen LogP contribution in [0.3, 0.4) is 0 Å². The fourth-order valence-corrected chi connectivity index (χ4v) is 2.67. The summed E-state index contributed by atoms with van der Waals surface area (Å²) in [7, 11) is 0. The SMILES string of the molecule is O=C1C(=O)N(Cc2c(F)cccc2Cl)c2ccc(Cl)cc21. The average Bonchev–Trinajstić information content (AvgIpc) is 2.67. The summed E-state index contributed by atoms with van der Waals surface area (Å²) >= 11 is 11.8. The molecule has 0 saturated heterocycles. The van der Waals surface area contributed by atoms with E-state index in [-0.39, 0.29) is 22.7 Å². The summed E-state index contributed by atoms with van der Waals surface area (Å²) in [6.07, 6.45) is 0. The van der Waals surface area contributed by atoms with E-state index in [1.807, 2.05) is 0 Å². The summed E-state index contributed by atoms with van der Waals surface area (Å²) in [5.74, 6) is -1.89. The lowest BCUT2D eigenvalue weighted by Crippen LogP contribution is -2.29. The monoisotopic (exact) mass is 323 g/mol. The number of rotatable bonds is 2. The second kappa shape index (κ2) is 5.13. The Labute approximate surface area is 129 Å². The van der Waals surface area contributed by atoms with E-state index in [9.17, 15) is 14.0 Å². The minimum atomic E-state index is -0.716. The summed E-state index contributed by atoms with van der Waals surface area (Å²) in [5, 5.41) is 0.568. The highest BCUT2D eigenvalue weighted by Crippen LogP contribution is 2.33. The molecule has 21 heavy (non-hydrogen) atoms. The summed E-state index contributed by atoms with van der Waals surface area (Å²) < 4.78 is 13.8. The third-order valence-corrected chi connectivity index (χ3v) is 3.90. The Hall–Kier alpha value is -1.91. The molecule has 106 valence electrons. The number of anilines is 1. The molecule has 0 saturated carbocycles. The quantitative estimate of drug-likeness (QED) is 0.787. The summed E-state index contributed by atoms with van der Waals surface area (Å²) in [6, 6.07) is 8.83. The van der Waals surface area contributed by atoms with E-state index < -0.39 is 17.5 Å². The van der Waals surface area contributed by atoms with Crippen molar-refractivity contribution in [2.24, 2.45) is 0 Å². The maximum Gasteiger partial charge on any atom is 0.299 e. The maximum atomic E-state index is 13.8. The van der Waals surface area contributed by atoms with Gasteiger partial charge < -0.3 is 4.90 Å². The lowest BCUT2D eigenvalue weighted by atomic mass is 10.1. The second-order valence-corrected chi connectivity index (χ2v) is 5.43. The van der Waals surface area contributed by atoms with E-state index in [1.54, 1.807) is 12.1 Å². The van der Waals surface area contributed by atoms with E-state index >= 15 is 0 Å². The lowest BCUT2D eigenvalue weighted by Gasteiger charge is -2.17. The van der Waals surface area contributed by atoms with Crippen LogP contribution in [-0.2, 0) is 11.3 Å². The largest absolute Gasteiger partial charge is 0.300 e. The van der Waals surface area contributed by atoms with Gasteiger partial charge in [-0.1, -0.05) is 29.3 Å². The number of ketones is 1. The zero-order valence-corrected chi connectivity index (χ0v) is 12.1. The molecule has 0 aromatic heterocycles. The fourth-order valence-electron chi connectivity index (χ4n) is 2.27. The van der Waals surface area contributed by atoms with Gasteiger partial charge >= 0.3 is 0 Å². The molecule has 0 fully saturated rings. The van der Waals surface area contributed by atoms with Crippen molar-refractivity contribution in [1.82, 2.24) is 0 Å². The van der Waals surface area contributed by atoms with Crippen molar-refractivity contribution in [3.8, 4) is 0 Å². The number of Topliss-reactive ketones (excluding diaryl/α,β-unsaturated/α-hetero) is 1. The molecule has 2 aromatic carbocycles. The molecule has 1 amide bonds. The molecule has 0 unspecified atom stereocenters. The Bertz CT molecular complexity index is 756. The Morgan fingerprint density at radius 1 is 1.10 bits per heavy atom. The zero-order valence-electron chi connectivity index (χ0n) is 10.6. The van der Waals surface area contributed by atoms with Crippen molar-refractivity contribution in [3.63, 3.8) is 0 Å². The van der Waals surface area contributed by atoms with E-state index in [0.717, 1.165) is 0 Å². The highest BCUT2D eigenvalue weighted by molar-refractivity contribution is 6.52. The van der Waals surface area contributed by atoms with Gasteiger partial charge in [0.1, 0.15) is 5.82 Å². The first-order valence-electron chi connectivity index (χ1n) is 6.07. The van der Waals surface area contributed by atoms with E-state index in [1.165, 1.54) is 29.2 Å². The third-order valence-electron chi connectivity index (χ3n) is 3.31. The minimum absolute atomic E-state index is 0.106. The van der Waals surface area contributed by atoms with E-state index in [4.69, 9.17) is 23.2 Å². The molecule has 1 aliphatic rings. The van der Waals surface area contributed by atoms with Gasteiger partial charge in [0.2, 0.25) is 0 Å². The van der Waals surface area contributed by atoms with E-state index in [0.29, 0.717) is 10.7 Å². The number of hydrogen-bond acceptors (Lipinski definition) is 2. The Kier molecular flexibility index (Phi) is 3.43. The molecule has 0 spiro atoms. The first-order valence-corrected chi connectivity index (χ1v) is 6.83. The lowest BCUT2D eigenvalue weighted by molar-refractivity contribution is -0.114. The highest BCUT2D eigenvalue weighted by Gasteiger charge is 2.36. The molecule has 0 atom stereocenters. The van der Waals surface area contributed by atoms with Crippen LogP contribution in [0.4, 0.5) is 10.1 Å². The number of halogens is 3. The van der Waals surface area contributed by atoms with Gasteiger partial charge in [0.05, 0.1) is 17.8 Å². The van der Waals surface area contributed by atoms with Crippen molar-refractivity contribution >= 4 is 40.6 Å². The maximum absolute atomic E-state index is 13.8. The van der Waals surface area contributed by atoms with Crippen molar-refractivity contribution in [3.05, 3.63) is 63.4 Å². The molecule has 0 bridgehead atoms. The zero-order chi connectivity index (χ0) is 15.1. The van der Waals surface area contributed by atoms with Crippen LogP contribution in [0.25, 0.3) is 0 Å². The Morgan fingerprint density at radius 3 is 2.57 bits per heavy atom. The smallest absolute Gasteiger partial charge is 0.299 e. The number of fused-ring (bicyclic) bond motifs is 1. The number of hydrogen-bond donors (Lipinski definition) is 0. The molecule has 3 nitrogen and oxygen atoms in total. The first-order chi connectivity index (χ1) is 9.99. The van der Waals surface area contributed by atoms with Gasteiger partial charge in [-0.2, -0.15) is 0 Å². The van der Waals surface area contributed by atoms with Crippen molar-refractivity contribution in [1.29, 1.82) is 0 Å². The van der Waals surface area contributed by atoms with Crippen molar-refractivity contribution in [2.75, 3.05) is 4.90 Å². The highest BCUT2D eigenvalue weighted by atomic mass is 35.5. The van der Waals surface area contributed by atoms with Crippen LogP contribution in [-0.4, -0.2) is 11.7 Å². The number of carbonyl (C=O) groups excluding carboxylic acids is 2. The van der Waals surface area contributed by atoms with Crippen molar-refractivity contribution < 1.29 is 14.0 Å². The topological polar surface area (TPSA) is 37.4 Å². The standard InChI is InChI=1S/C15H8Cl2FNO2/c16-8-4-5-13-9(6-8)14(20)15(21)19(13)7-10-11(17)2-1-3-12(10)18/h1-6H,7H2. The van der Waals surface area contributed by atoms with E-state index in [2.05, 4.69) is 0 Å². The summed E-state index contributed by atoms with van der Waals surface area (Å²) in [6.45, 7) is -0.106. The number of carbonyl (C=O) groups is 2. The average molecular weight is 324 g/mol. The third kappa shape index (κ3) is 2.30. The minimum Gasteiger partial charge on any atom is -0.300 e. The molecule has 0 N–H and O–H groups in total. The molecule has 1 heterocycles. The number of nitrogens with zero attached hydrogens (tertiary/aromatic N) is 1. The van der Waals surface area contributed by atoms with Gasteiger partial charge in [-0.05, 0) is 30.3 Å². The van der Waals surface area contributed by atoms with Crippen LogP contribution >= 0.6 is 23.2 Å². The molecule has 0 radical (unpaired) electrons. The van der Waals surface area contributed by atoms with Gasteiger partial charge in [0, 0.05) is 15.6 Å². The van der Waals surface area contributed by atoms with Crippen LogP contribution in [0.5, 0.6) is 0 Å². The fraction of sp³-hybridized carbons (Fsp3) is 0.0667. The van der Waals surface area contributed by atoms with Gasteiger partial charge in [0.15, 0.2) is 0 Å². The van der Waals surface area contributed by atoms with Crippen LogP contribution < -0.4 is 4.90 Å². The Morgan fingerprint density at radius 2 is 1.86 bits per heavy atom. The number of amides is 1. The van der Waals surface area contributed by atoms with Crippen molar-refractivity contribution in [2.45, 2.75) is 6.54 Å². The normalized spacial score (nSPS) is 13.8. The molecule has 3 rings (SSSR count). The second-order valence-electron chi connectivity index (χ2n) is 4.58.